The number of ketones is 1. The van der Waals surface area contributed by atoms with Gasteiger partial charge in [-0.15, -0.1) is 0 Å². The number of hydrogen-bond acceptors (Lipinski definition) is 5. The number of para-hydroxylation sites is 1. The molecule has 0 bridgehead atoms. The number of anilines is 2. The van der Waals surface area contributed by atoms with Gasteiger partial charge in [0.25, 0.3) is 5.69 Å². The number of nitrogens with one attached hydrogen (secondary N) is 2. The molecule has 0 atom stereocenters. The zero-order chi connectivity index (χ0) is 20.1. The van der Waals surface area contributed by atoms with E-state index >= 15 is 0 Å². The number of benzene rings is 2. The number of nitro groups is 1. The van der Waals surface area contributed by atoms with Gasteiger partial charge in [-0.2, -0.15) is 0 Å². The maximum Gasteiger partial charge on any atom is 0.319 e. The molecule has 2 aromatic carbocycles. The lowest BCUT2D eigenvalue weighted by Crippen LogP contribution is -2.46. The first-order chi connectivity index (χ1) is 13.4. The molecule has 1 aliphatic heterocycles. The van der Waals surface area contributed by atoms with Crippen LogP contribution < -0.4 is 15.5 Å². The van der Waals surface area contributed by atoms with E-state index in [9.17, 15) is 19.7 Å². The second kappa shape index (κ2) is 8.51. The minimum absolute atomic E-state index is 0.00416. The fourth-order valence-corrected chi connectivity index (χ4v) is 3.29. The topological polar surface area (TPSA) is 105 Å². The molecule has 0 aromatic heterocycles. The van der Waals surface area contributed by atoms with Crippen LogP contribution in [0.25, 0.3) is 0 Å². The molecule has 1 aliphatic rings. The molecule has 2 N–H and O–H groups in total. The minimum Gasteiger partial charge on any atom is -0.366 e. The maximum absolute atomic E-state index is 12.1. The summed E-state index contributed by atoms with van der Waals surface area (Å²) in [4.78, 5) is 36.5. The molecule has 0 spiro atoms. The third kappa shape index (κ3) is 4.64. The molecule has 0 unspecified atom stereocenters. The van der Waals surface area contributed by atoms with Crippen molar-refractivity contribution in [3.05, 3.63) is 64.2 Å². The molecule has 2 amide bonds. The molecule has 146 valence electrons. The van der Waals surface area contributed by atoms with Crippen molar-refractivity contribution in [3.63, 3.8) is 0 Å². The fourth-order valence-electron chi connectivity index (χ4n) is 3.29. The highest BCUT2D eigenvalue weighted by molar-refractivity contribution is 5.95. The molecule has 1 saturated heterocycles. The van der Waals surface area contributed by atoms with Gasteiger partial charge >= 0.3 is 6.03 Å². The van der Waals surface area contributed by atoms with Crippen molar-refractivity contribution in [2.75, 3.05) is 23.3 Å². The van der Waals surface area contributed by atoms with Gasteiger partial charge in [-0.3, -0.25) is 14.9 Å². The van der Waals surface area contributed by atoms with E-state index in [2.05, 4.69) is 10.6 Å². The van der Waals surface area contributed by atoms with Crippen molar-refractivity contribution >= 4 is 28.9 Å². The van der Waals surface area contributed by atoms with Crippen molar-refractivity contribution in [3.8, 4) is 0 Å². The van der Waals surface area contributed by atoms with Gasteiger partial charge in [0.1, 0.15) is 5.69 Å². The molecule has 8 nitrogen and oxygen atoms in total. The molecule has 3 rings (SSSR count). The molecule has 28 heavy (non-hydrogen) atoms. The zero-order valence-electron chi connectivity index (χ0n) is 15.6. The van der Waals surface area contributed by atoms with Crippen LogP contribution in [0.2, 0.25) is 0 Å². The molecule has 0 radical (unpaired) electrons. The lowest BCUT2D eigenvalue weighted by Gasteiger charge is -2.33. The first-order valence-corrected chi connectivity index (χ1v) is 9.11. The summed E-state index contributed by atoms with van der Waals surface area (Å²) >= 11 is 0. The van der Waals surface area contributed by atoms with E-state index in [4.69, 9.17) is 0 Å². The van der Waals surface area contributed by atoms with Crippen LogP contribution in [0, 0.1) is 10.1 Å². The normalized spacial score (nSPS) is 14.4. The Labute approximate surface area is 162 Å². The highest BCUT2D eigenvalue weighted by Gasteiger charge is 2.26. The molecule has 1 fully saturated rings. The standard InChI is InChI=1S/C20H22N4O4/c1-14(25)15-7-8-18(19(13-15)24(27)28)23-11-9-17(10-12-23)22-20(26)21-16-5-3-2-4-6-16/h2-8,13,17H,9-12H2,1H3,(H2,21,22,26). The van der Waals surface area contributed by atoms with Gasteiger partial charge in [0.05, 0.1) is 4.92 Å². The Morgan fingerprint density at radius 2 is 1.79 bits per heavy atom. The van der Waals surface area contributed by atoms with Gasteiger partial charge in [-0.05, 0) is 44.0 Å². The number of carbonyl (C=O) groups excluding carboxylic acids is 2. The van der Waals surface area contributed by atoms with Crippen LogP contribution in [0.1, 0.15) is 30.1 Å². The third-order valence-electron chi connectivity index (χ3n) is 4.78. The predicted molar refractivity (Wildman–Crippen MR) is 107 cm³/mol. The van der Waals surface area contributed by atoms with Crippen LogP contribution in [-0.2, 0) is 0 Å². The quantitative estimate of drug-likeness (QED) is 0.467. The van der Waals surface area contributed by atoms with Crippen LogP contribution in [0.5, 0.6) is 0 Å². The maximum atomic E-state index is 12.1. The second-order valence-electron chi connectivity index (χ2n) is 6.74. The number of rotatable bonds is 5. The van der Waals surface area contributed by atoms with E-state index in [1.165, 1.54) is 13.0 Å². The summed E-state index contributed by atoms with van der Waals surface area (Å²) in [6, 6.07) is 13.5. The van der Waals surface area contributed by atoms with E-state index in [0.717, 1.165) is 5.69 Å². The summed E-state index contributed by atoms with van der Waals surface area (Å²) in [7, 11) is 0. The van der Waals surface area contributed by atoms with Crippen LogP contribution in [0.4, 0.5) is 21.9 Å². The molecular formula is C20H22N4O4. The number of carbonyl (C=O) groups is 2. The average molecular weight is 382 g/mol. The van der Waals surface area contributed by atoms with E-state index in [1.807, 2.05) is 35.2 Å². The first kappa shape index (κ1) is 19.3. The minimum atomic E-state index is -0.459. The fraction of sp³-hybridized carbons (Fsp3) is 0.300. The molecule has 0 saturated carbocycles. The van der Waals surface area contributed by atoms with Crippen molar-refractivity contribution in [2.45, 2.75) is 25.8 Å². The van der Waals surface area contributed by atoms with Crippen molar-refractivity contribution in [2.24, 2.45) is 0 Å². The van der Waals surface area contributed by atoms with Gasteiger partial charge in [-0.25, -0.2) is 4.79 Å². The van der Waals surface area contributed by atoms with E-state index < -0.39 is 4.92 Å². The molecule has 0 aliphatic carbocycles. The Bertz CT molecular complexity index is 877. The molecule has 8 heteroatoms. The monoisotopic (exact) mass is 382 g/mol. The van der Waals surface area contributed by atoms with E-state index in [-0.39, 0.29) is 23.5 Å². The summed E-state index contributed by atoms with van der Waals surface area (Å²) in [5.74, 6) is -0.206. The van der Waals surface area contributed by atoms with Crippen LogP contribution >= 0.6 is 0 Å². The van der Waals surface area contributed by atoms with Crippen LogP contribution in [0.3, 0.4) is 0 Å². The SMILES string of the molecule is CC(=O)c1ccc(N2CCC(NC(=O)Nc3ccccc3)CC2)c([N+](=O)[O-])c1. The van der Waals surface area contributed by atoms with E-state index in [0.29, 0.717) is 37.2 Å². The highest BCUT2D eigenvalue weighted by Crippen LogP contribution is 2.31. The summed E-state index contributed by atoms with van der Waals surface area (Å²) in [5.41, 5.74) is 1.48. The summed E-state index contributed by atoms with van der Waals surface area (Å²) in [5, 5.41) is 17.2. The Kier molecular flexibility index (Phi) is 5.88. The number of hydrogen-bond donors (Lipinski definition) is 2. The van der Waals surface area contributed by atoms with Crippen LogP contribution in [-0.4, -0.2) is 35.9 Å². The summed E-state index contributed by atoms with van der Waals surface area (Å²) < 4.78 is 0. The number of nitro benzene ring substituents is 1. The molecule has 2 aromatic rings. The second-order valence-corrected chi connectivity index (χ2v) is 6.74. The molecular weight excluding hydrogens is 360 g/mol. The number of Topliss-reactive ketones (excluding diaryl/α,β-unsaturated/α-hetero) is 1. The number of amides is 2. The van der Waals surface area contributed by atoms with Gasteiger partial charge in [0.15, 0.2) is 5.78 Å². The number of piperidine rings is 1. The highest BCUT2D eigenvalue weighted by atomic mass is 16.6. The lowest BCUT2D eigenvalue weighted by atomic mass is 10.0. The Balaban J connectivity index is 1.60. The van der Waals surface area contributed by atoms with Crippen molar-refractivity contribution in [1.29, 1.82) is 0 Å². The smallest absolute Gasteiger partial charge is 0.319 e. The summed E-state index contributed by atoms with van der Waals surface area (Å²) in [6.07, 6.45) is 1.35. The van der Waals surface area contributed by atoms with Gasteiger partial charge in [0, 0.05) is 36.4 Å². The van der Waals surface area contributed by atoms with Gasteiger partial charge < -0.3 is 15.5 Å². The Hall–Kier alpha value is -3.42. The number of urea groups is 1. The Morgan fingerprint density at radius 1 is 1.11 bits per heavy atom. The zero-order valence-corrected chi connectivity index (χ0v) is 15.6. The lowest BCUT2D eigenvalue weighted by molar-refractivity contribution is -0.384. The van der Waals surface area contributed by atoms with Crippen molar-refractivity contribution < 1.29 is 14.5 Å². The molecule has 1 heterocycles. The first-order valence-electron chi connectivity index (χ1n) is 9.11. The van der Waals surface area contributed by atoms with Crippen molar-refractivity contribution in [1.82, 2.24) is 5.32 Å². The van der Waals surface area contributed by atoms with E-state index in [1.54, 1.807) is 12.1 Å². The summed E-state index contributed by atoms with van der Waals surface area (Å²) in [6.45, 7) is 2.55. The Morgan fingerprint density at radius 3 is 2.39 bits per heavy atom. The number of nitrogens with zero attached hydrogens (tertiary/aromatic N) is 2. The average Bonchev–Trinajstić information content (AvgIpc) is 2.68. The third-order valence-corrected chi connectivity index (χ3v) is 4.78. The van der Waals surface area contributed by atoms with Gasteiger partial charge in [-0.1, -0.05) is 18.2 Å². The van der Waals surface area contributed by atoms with Crippen LogP contribution in [0.15, 0.2) is 48.5 Å². The van der Waals surface area contributed by atoms with Gasteiger partial charge in [0.2, 0.25) is 0 Å². The largest absolute Gasteiger partial charge is 0.366 e. The predicted octanol–water partition coefficient (Wildman–Crippen LogP) is 3.59.